The van der Waals surface area contributed by atoms with Gasteiger partial charge in [0.2, 0.25) is 0 Å². The fraction of sp³-hybridized carbons (Fsp3) is 0.600. The Balaban J connectivity index is 1.78. The van der Waals surface area contributed by atoms with Crippen molar-refractivity contribution in [1.82, 2.24) is 9.79 Å². The van der Waals surface area contributed by atoms with Gasteiger partial charge in [-0.1, -0.05) is 4.89 Å². The molecular weight excluding hydrogens is 320 g/mol. The third-order valence-electron chi connectivity index (χ3n) is 3.29. The van der Waals surface area contributed by atoms with Gasteiger partial charge in [-0.3, -0.25) is 9.74 Å². The molecule has 0 aromatic heterocycles. The van der Waals surface area contributed by atoms with Crippen LogP contribution >= 0.6 is 0 Å². The molecule has 1 aromatic carbocycles. The van der Waals surface area contributed by atoms with Crippen molar-refractivity contribution < 1.29 is 22.7 Å². The number of rotatable bonds is 8. The Kier molecular flexibility index (Phi) is 6.79. The maximum Gasteiger partial charge on any atom is 0.262 e. The molecule has 1 aromatic rings. The Morgan fingerprint density at radius 1 is 1.22 bits per heavy atom. The van der Waals surface area contributed by atoms with Crippen LogP contribution in [0.25, 0.3) is 0 Å². The molecule has 0 saturated carbocycles. The minimum atomic E-state index is -3.68. The SMILES string of the molecule is CC(C)Oc1ccc(S(=O)(=O)NOCCN2CCOCC2)cc1. The number of sulfonamides is 1. The molecule has 8 heteroatoms. The van der Waals surface area contributed by atoms with E-state index in [2.05, 4.69) is 9.79 Å². The molecule has 0 unspecified atom stereocenters. The summed E-state index contributed by atoms with van der Waals surface area (Å²) in [6, 6.07) is 6.24. The summed E-state index contributed by atoms with van der Waals surface area (Å²) < 4.78 is 34.9. The molecule has 23 heavy (non-hydrogen) atoms. The highest BCUT2D eigenvalue weighted by atomic mass is 32.2. The van der Waals surface area contributed by atoms with E-state index in [9.17, 15) is 8.42 Å². The highest BCUT2D eigenvalue weighted by Gasteiger charge is 2.15. The zero-order valence-corrected chi connectivity index (χ0v) is 14.3. The lowest BCUT2D eigenvalue weighted by molar-refractivity contribution is 0.0125. The fourth-order valence-corrected chi connectivity index (χ4v) is 2.97. The first kappa shape index (κ1) is 18.2. The van der Waals surface area contributed by atoms with Gasteiger partial charge in [0.1, 0.15) is 5.75 Å². The predicted molar refractivity (Wildman–Crippen MR) is 85.7 cm³/mol. The smallest absolute Gasteiger partial charge is 0.262 e. The Hall–Kier alpha value is -1.19. The van der Waals surface area contributed by atoms with E-state index in [-0.39, 0.29) is 17.6 Å². The third-order valence-corrected chi connectivity index (χ3v) is 4.52. The lowest BCUT2D eigenvalue weighted by Crippen LogP contribution is -2.39. The van der Waals surface area contributed by atoms with Gasteiger partial charge in [-0.15, -0.1) is 0 Å². The average molecular weight is 344 g/mol. The number of benzene rings is 1. The maximum atomic E-state index is 12.1. The van der Waals surface area contributed by atoms with Crippen LogP contribution in [-0.4, -0.2) is 58.9 Å². The van der Waals surface area contributed by atoms with Gasteiger partial charge in [-0.05, 0) is 38.1 Å². The molecule has 0 atom stereocenters. The summed E-state index contributed by atoms with van der Waals surface area (Å²) in [7, 11) is -3.68. The van der Waals surface area contributed by atoms with E-state index in [1.54, 1.807) is 12.1 Å². The van der Waals surface area contributed by atoms with Crippen LogP contribution < -0.4 is 9.62 Å². The van der Waals surface area contributed by atoms with Gasteiger partial charge < -0.3 is 9.47 Å². The van der Waals surface area contributed by atoms with Gasteiger partial charge in [0.05, 0.1) is 30.8 Å². The van der Waals surface area contributed by atoms with Gasteiger partial charge in [0, 0.05) is 19.6 Å². The number of hydrogen-bond acceptors (Lipinski definition) is 6. The van der Waals surface area contributed by atoms with Gasteiger partial charge in [0.15, 0.2) is 0 Å². The van der Waals surface area contributed by atoms with Crippen LogP contribution in [0.4, 0.5) is 0 Å². The van der Waals surface area contributed by atoms with Crippen molar-refractivity contribution in [3.63, 3.8) is 0 Å². The summed E-state index contributed by atoms with van der Waals surface area (Å²) >= 11 is 0. The fourth-order valence-electron chi connectivity index (χ4n) is 2.14. The standard InChI is InChI=1S/C15H24N2O5S/c1-13(2)22-14-3-5-15(6-4-14)23(18,19)16-21-12-9-17-7-10-20-11-8-17/h3-6,13,16H,7-12H2,1-2H3. The summed E-state index contributed by atoms with van der Waals surface area (Å²) in [5.41, 5.74) is 0. The quantitative estimate of drug-likeness (QED) is 0.560. The van der Waals surface area contributed by atoms with Gasteiger partial charge in [0.25, 0.3) is 10.0 Å². The summed E-state index contributed by atoms with van der Waals surface area (Å²) in [5, 5.41) is 0. The topological polar surface area (TPSA) is 77.1 Å². The first-order chi connectivity index (χ1) is 11.0. The monoisotopic (exact) mass is 344 g/mol. The Morgan fingerprint density at radius 3 is 2.48 bits per heavy atom. The van der Waals surface area contributed by atoms with Crippen LogP contribution in [0.1, 0.15) is 13.8 Å². The summed E-state index contributed by atoms with van der Waals surface area (Å²) in [6.07, 6.45) is 0.0408. The number of nitrogens with one attached hydrogen (secondary N) is 1. The third kappa shape index (κ3) is 6.08. The molecule has 1 aliphatic heterocycles. The Bertz CT molecular complexity index is 568. The molecule has 0 bridgehead atoms. The molecule has 1 N–H and O–H groups in total. The first-order valence-corrected chi connectivity index (χ1v) is 9.16. The van der Waals surface area contributed by atoms with Crippen LogP contribution in [0.2, 0.25) is 0 Å². The first-order valence-electron chi connectivity index (χ1n) is 7.68. The molecule has 130 valence electrons. The minimum Gasteiger partial charge on any atom is -0.491 e. The highest BCUT2D eigenvalue weighted by Crippen LogP contribution is 2.16. The average Bonchev–Trinajstić information content (AvgIpc) is 2.53. The molecule has 1 aliphatic rings. The van der Waals surface area contributed by atoms with Crippen molar-refractivity contribution >= 4 is 10.0 Å². The molecule has 1 fully saturated rings. The highest BCUT2D eigenvalue weighted by molar-refractivity contribution is 7.89. The Labute approximate surface area is 137 Å². The zero-order valence-electron chi connectivity index (χ0n) is 13.5. The Morgan fingerprint density at radius 2 is 1.87 bits per heavy atom. The second-order valence-corrected chi connectivity index (χ2v) is 7.17. The van der Waals surface area contributed by atoms with E-state index in [4.69, 9.17) is 14.3 Å². The normalized spacial score (nSPS) is 16.7. The second kappa shape index (κ2) is 8.60. The molecule has 0 radical (unpaired) electrons. The largest absolute Gasteiger partial charge is 0.491 e. The predicted octanol–water partition coefficient (Wildman–Crippen LogP) is 1.02. The minimum absolute atomic E-state index is 0.0408. The summed E-state index contributed by atoms with van der Waals surface area (Å²) in [5.74, 6) is 0.632. The van der Waals surface area contributed by atoms with Crippen LogP contribution in [0, 0.1) is 0 Å². The summed E-state index contributed by atoms with van der Waals surface area (Å²) in [6.45, 7) is 7.86. The molecule has 0 spiro atoms. The van der Waals surface area contributed by atoms with Crippen molar-refractivity contribution in [2.75, 3.05) is 39.5 Å². The van der Waals surface area contributed by atoms with Crippen molar-refractivity contribution in [3.05, 3.63) is 24.3 Å². The molecule has 1 heterocycles. The molecule has 1 saturated heterocycles. The zero-order chi connectivity index (χ0) is 16.7. The van der Waals surface area contributed by atoms with Gasteiger partial charge in [-0.25, -0.2) is 8.42 Å². The van der Waals surface area contributed by atoms with E-state index in [1.807, 2.05) is 13.8 Å². The number of nitrogens with zero attached hydrogens (tertiary/aromatic N) is 1. The number of hydrogen-bond donors (Lipinski definition) is 1. The van der Waals surface area contributed by atoms with Crippen molar-refractivity contribution in [3.8, 4) is 5.75 Å². The second-order valence-electron chi connectivity index (χ2n) is 5.53. The summed E-state index contributed by atoms with van der Waals surface area (Å²) in [4.78, 5) is 9.55. The van der Waals surface area contributed by atoms with E-state index in [0.717, 1.165) is 13.1 Å². The molecule has 0 amide bonds. The maximum absolute atomic E-state index is 12.1. The van der Waals surface area contributed by atoms with E-state index in [0.29, 0.717) is 25.5 Å². The van der Waals surface area contributed by atoms with E-state index < -0.39 is 10.0 Å². The van der Waals surface area contributed by atoms with Crippen molar-refractivity contribution in [1.29, 1.82) is 0 Å². The molecule has 0 aliphatic carbocycles. The van der Waals surface area contributed by atoms with Crippen molar-refractivity contribution in [2.45, 2.75) is 24.8 Å². The van der Waals surface area contributed by atoms with Gasteiger partial charge >= 0.3 is 0 Å². The van der Waals surface area contributed by atoms with Crippen LogP contribution in [-0.2, 0) is 19.6 Å². The number of ether oxygens (including phenoxy) is 2. The van der Waals surface area contributed by atoms with Gasteiger partial charge in [-0.2, -0.15) is 0 Å². The van der Waals surface area contributed by atoms with E-state index >= 15 is 0 Å². The van der Waals surface area contributed by atoms with Crippen LogP contribution in [0.15, 0.2) is 29.2 Å². The van der Waals surface area contributed by atoms with Crippen LogP contribution in [0.3, 0.4) is 0 Å². The van der Waals surface area contributed by atoms with Crippen molar-refractivity contribution in [2.24, 2.45) is 0 Å². The molecule has 2 rings (SSSR count). The lowest BCUT2D eigenvalue weighted by Gasteiger charge is -2.26. The number of morpholine rings is 1. The molecule has 7 nitrogen and oxygen atoms in total. The van der Waals surface area contributed by atoms with E-state index in [1.165, 1.54) is 12.1 Å². The van der Waals surface area contributed by atoms with Crippen LogP contribution in [0.5, 0.6) is 5.75 Å². The molecular formula is C15H24N2O5S. The lowest BCUT2D eigenvalue weighted by atomic mass is 10.3.